The quantitative estimate of drug-likeness (QED) is 0.889. The number of aromatic nitrogens is 1. The summed E-state index contributed by atoms with van der Waals surface area (Å²) in [7, 11) is 0. The van der Waals surface area contributed by atoms with Gasteiger partial charge in [0.05, 0.1) is 5.92 Å². The summed E-state index contributed by atoms with van der Waals surface area (Å²) < 4.78 is 0. The fourth-order valence-corrected chi connectivity index (χ4v) is 3.04. The number of para-hydroxylation sites is 1. The van der Waals surface area contributed by atoms with E-state index in [0.717, 1.165) is 25.0 Å². The van der Waals surface area contributed by atoms with E-state index in [0.29, 0.717) is 0 Å². The summed E-state index contributed by atoms with van der Waals surface area (Å²) >= 11 is 0. The number of aromatic amines is 1. The zero-order valence-electron chi connectivity index (χ0n) is 11.0. The topological polar surface area (TPSA) is 56.3 Å². The van der Waals surface area contributed by atoms with Crippen molar-refractivity contribution in [3.63, 3.8) is 0 Å². The van der Waals surface area contributed by atoms with Crippen LogP contribution in [0.1, 0.15) is 18.9 Å². The summed E-state index contributed by atoms with van der Waals surface area (Å²) in [5, 5.41) is 10.4. The van der Waals surface area contributed by atoms with E-state index in [2.05, 4.69) is 22.0 Å². The third-order valence-corrected chi connectivity index (χ3v) is 4.25. The van der Waals surface area contributed by atoms with Crippen molar-refractivity contribution in [1.29, 1.82) is 0 Å². The van der Waals surface area contributed by atoms with Crippen molar-refractivity contribution in [2.24, 2.45) is 5.92 Å². The standard InChI is InChI=1S/C15H18N2O2/c1-10-12(15(18)19)6-7-17(10)9-11-8-16-14-5-3-2-4-13(11)14/h2-5,8,10,12,16H,6-7,9H2,1H3,(H,18,19). The Kier molecular flexibility index (Phi) is 3.03. The molecule has 3 rings (SSSR count). The van der Waals surface area contributed by atoms with Gasteiger partial charge < -0.3 is 10.1 Å². The highest BCUT2D eigenvalue weighted by atomic mass is 16.4. The molecule has 0 bridgehead atoms. The number of carbonyl (C=O) groups is 1. The predicted molar refractivity (Wildman–Crippen MR) is 73.9 cm³/mol. The summed E-state index contributed by atoms with van der Waals surface area (Å²) in [6.45, 7) is 3.69. The molecular formula is C15H18N2O2. The molecule has 2 atom stereocenters. The third-order valence-electron chi connectivity index (χ3n) is 4.25. The number of benzene rings is 1. The van der Waals surface area contributed by atoms with Crippen molar-refractivity contribution >= 4 is 16.9 Å². The minimum atomic E-state index is -0.672. The zero-order valence-corrected chi connectivity index (χ0v) is 11.0. The molecule has 1 aliphatic rings. The first-order chi connectivity index (χ1) is 9.16. The van der Waals surface area contributed by atoms with E-state index in [9.17, 15) is 4.79 Å². The lowest BCUT2D eigenvalue weighted by molar-refractivity contribution is -0.142. The fourth-order valence-electron chi connectivity index (χ4n) is 3.04. The van der Waals surface area contributed by atoms with Crippen LogP contribution in [0.5, 0.6) is 0 Å². The van der Waals surface area contributed by atoms with Gasteiger partial charge in [0.25, 0.3) is 0 Å². The van der Waals surface area contributed by atoms with E-state index in [4.69, 9.17) is 5.11 Å². The molecule has 1 aromatic heterocycles. The highest BCUT2D eigenvalue weighted by Gasteiger charge is 2.35. The summed E-state index contributed by atoms with van der Waals surface area (Å²) in [6.07, 6.45) is 2.78. The van der Waals surface area contributed by atoms with Crippen molar-refractivity contribution in [3.05, 3.63) is 36.0 Å². The Balaban J connectivity index is 1.81. The number of hydrogen-bond acceptors (Lipinski definition) is 2. The number of likely N-dealkylation sites (tertiary alicyclic amines) is 1. The van der Waals surface area contributed by atoms with Gasteiger partial charge in [-0.1, -0.05) is 18.2 Å². The smallest absolute Gasteiger partial charge is 0.308 e. The molecule has 1 fully saturated rings. The number of carboxylic acids is 1. The maximum atomic E-state index is 11.1. The van der Waals surface area contributed by atoms with Crippen LogP contribution in [0.3, 0.4) is 0 Å². The number of H-pyrrole nitrogens is 1. The maximum Gasteiger partial charge on any atom is 0.308 e. The molecule has 4 nitrogen and oxygen atoms in total. The number of nitrogens with zero attached hydrogens (tertiary/aromatic N) is 1. The van der Waals surface area contributed by atoms with Crippen LogP contribution < -0.4 is 0 Å². The lowest BCUT2D eigenvalue weighted by Crippen LogP contribution is -2.32. The van der Waals surface area contributed by atoms with Crippen LogP contribution >= 0.6 is 0 Å². The van der Waals surface area contributed by atoms with Crippen LogP contribution in [0, 0.1) is 5.92 Å². The molecule has 1 aromatic carbocycles. The Hall–Kier alpha value is -1.81. The average Bonchev–Trinajstić information content (AvgIpc) is 2.96. The number of aliphatic carboxylic acids is 1. The van der Waals surface area contributed by atoms with Gasteiger partial charge in [-0.15, -0.1) is 0 Å². The van der Waals surface area contributed by atoms with Gasteiger partial charge in [0, 0.05) is 29.7 Å². The Labute approximate surface area is 112 Å². The average molecular weight is 258 g/mol. The van der Waals surface area contributed by atoms with Crippen molar-refractivity contribution in [2.75, 3.05) is 6.54 Å². The molecule has 1 saturated heterocycles. The van der Waals surface area contributed by atoms with Gasteiger partial charge in [0.1, 0.15) is 0 Å². The van der Waals surface area contributed by atoms with Crippen LogP contribution in [0.2, 0.25) is 0 Å². The Morgan fingerprint density at radius 3 is 3.00 bits per heavy atom. The number of carboxylic acid groups (broad SMARTS) is 1. The predicted octanol–water partition coefficient (Wildman–Crippen LogP) is 2.46. The van der Waals surface area contributed by atoms with Gasteiger partial charge in [-0.25, -0.2) is 0 Å². The van der Waals surface area contributed by atoms with Crippen LogP contribution in [0.25, 0.3) is 10.9 Å². The maximum absolute atomic E-state index is 11.1. The Bertz CT molecular complexity index is 605. The van der Waals surface area contributed by atoms with Gasteiger partial charge in [-0.3, -0.25) is 9.69 Å². The molecule has 2 unspecified atom stereocenters. The summed E-state index contributed by atoms with van der Waals surface area (Å²) in [5.41, 5.74) is 2.38. The number of rotatable bonds is 3. The van der Waals surface area contributed by atoms with Crippen LogP contribution in [-0.4, -0.2) is 33.5 Å². The molecule has 0 radical (unpaired) electrons. The molecule has 0 spiro atoms. The van der Waals surface area contributed by atoms with Crippen LogP contribution in [-0.2, 0) is 11.3 Å². The van der Waals surface area contributed by atoms with E-state index >= 15 is 0 Å². The van der Waals surface area contributed by atoms with Crippen molar-refractivity contribution in [1.82, 2.24) is 9.88 Å². The highest BCUT2D eigenvalue weighted by molar-refractivity contribution is 5.83. The third kappa shape index (κ3) is 2.12. The molecule has 4 heteroatoms. The van der Waals surface area contributed by atoms with E-state index < -0.39 is 5.97 Å². The minimum absolute atomic E-state index is 0.103. The second-order valence-corrected chi connectivity index (χ2v) is 5.30. The number of nitrogens with one attached hydrogen (secondary N) is 1. The van der Waals surface area contributed by atoms with E-state index in [1.807, 2.05) is 25.3 Å². The summed E-state index contributed by atoms with van der Waals surface area (Å²) in [4.78, 5) is 16.7. The van der Waals surface area contributed by atoms with Crippen molar-refractivity contribution < 1.29 is 9.90 Å². The lowest BCUT2D eigenvalue weighted by atomic mass is 10.0. The van der Waals surface area contributed by atoms with Crippen LogP contribution in [0.4, 0.5) is 0 Å². The molecule has 0 amide bonds. The molecule has 100 valence electrons. The van der Waals surface area contributed by atoms with E-state index in [1.165, 1.54) is 10.9 Å². The number of hydrogen-bond donors (Lipinski definition) is 2. The number of fused-ring (bicyclic) bond motifs is 1. The second kappa shape index (κ2) is 4.70. The minimum Gasteiger partial charge on any atom is -0.481 e. The second-order valence-electron chi connectivity index (χ2n) is 5.30. The molecule has 2 N–H and O–H groups in total. The summed E-state index contributed by atoms with van der Waals surface area (Å²) in [6, 6.07) is 8.32. The Morgan fingerprint density at radius 1 is 1.47 bits per heavy atom. The van der Waals surface area contributed by atoms with Gasteiger partial charge in [0.15, 0.2) is 0 Å². The van der Waals surface area contributed by atoms with Gasteiger partial charge >= 0.3 is 5.97 Å². The molecule has 1 aliphatic heterocycles. The molecular weight excluding hydrogens is 240 g/mol. The van der Waals surface area contributed by atoms with Crippen molar-refractivity contribution in [3.8, 4) is 0 Å². The normalized spacial score (nSPS) is 24.1. The first-order valence-electron chi connectivity index (χ1n) is 6.68. The molecule has 2 aromatic rings. The molecule has 19 heavy (non-hydrogen) atoms. The van der Waals surface area contributed by atoms with Crippen LogP contribution in [0.15, 0.2) is 30.5 Å². The van der Waals surface area contributed by atoms with Gasteiger partial charge in [-0.05, 0) is 31.5 Å². The monoisotopic (exact) mass is 258 g/mol. The first-order valence-corrected chi connectivity index (χ1v) is 6.68. The van der Waals surface area contributed by atoms with Crippen molar-refractivity contribution in [2.45, 2.75) is 25.9 Å². The molecule has 0 aliphatic carbocycles. The SMILES string of the molecule is CC1C(C(=O)O)CCN1Cc1c[nH]c2ccccc12. The largest absolute Gasteiger partial charge is 0.481 e. The Morgan fingerprint density at radius 2 is 2.26 bits per heavy atom. The first kappa shape index (κ1) is 12.2. The zero-order chi connectivity index (χ0) is 13.4. The van der Waals surface area contributed by atoms with Gasteiger partial charge in [-0.2, -0.15) is 0 Å². The van der Waals surface area contributed by atoms with E-state index in [-0.39, 0.29) is 12.0 Å². The lowest BCUT2D eigenvalue weighted by Gasteiger charge is -2.22. The van der Waals surface area contributed by atoms with E-state index in [1.54, 1.807) is 0 Å². The summed E-state index contributed by atoms with van der Waals surface area (Å²) in [5.74, 6) is -0.904. The molecule has 0 saturated carbocycles. The fraction of sp³-hybridized carbons (Fsp3) is 0.400. The highest BCUT2D eigenvalue weighted by Crippen LogP contribution is 2.28. The van der Waals surface area contributed by atoms with Gasteiger partial charge in [0.2, 0.25) is 0 Å². The molecule has 2 heterocycles.